The van der Waals surface area contributed by atoms with Crippen LogP contribution in [0.25, 0.3) is 0 Å². The highest BCUT2D eigenvalue weighted by Crippen LogP contribution is 2.20. The van der Waals surface area contributed by atoms with Gasteiger partial charge in [0.05, 0.1) is 30.7 Å². The molecule has 1 aliphatic heterocycles. The predicted molar refractivity (Wildman–Crippen MR) is 91.1 cm³/mol. The van der Waals surface area contributed by atoms with E-state index in [0.717, 1.165) is 35.6 Å². The van der Waals surface area contributed by atoms with Crippen LogP contribution in [0.3, 0.4) is 0 Å². The van der Waals surface area contributed by atoms with E-state index in [-0.39, 0.29) is 5.91 Å². The van der Waals surface area contributed by atoms with Gasteiger partial charge in [-0.15, -0.1) is 0 Å². The van der Waals surface area contributed by atoms with Crippen LogP contribution in [0, 0.1) is 13.8 Å². The van der Waals surface area contributed by atoms with E-state index in [0.29, 0.717) is 18.8 Å². The summed E-state index contributed by atoms with van der Waals surface area (Å²) >= 11 is 0. The molecule has 0 radical (unpaired) electrons. The first-order valence-electron chi connectivity index (χ1n) is 7.80. The van der Waals surface area contributed by atoms with Crippen LogP contribution in [-0.2, 0) is 4.74 Å². The molecule has 1 saturated heterocycles. The molecule has 1 fully saturated rings. The molecular weight excluding hydrogens is 290 g/mol. The number of ether oxygens (including phenoxy) is 1. The highest BCUT2D eigenvalue weighted by atomic mass is 16.5. The molecule has 2 heterocycles. The van der Waals surface area contributed by atoms with Crippen LogP contribution in [-0.4, -0.2) is 37.2 Å². The lowest BCUT2D eigenvalue weighted by Gasteiger charge is -2.28. The third kappa shape index (κ3) is 3.51. The van der Waals surface area contributed by atoms with Crippen LogP contribution in [0.15, 0.2) is 36.7 Å². The highest BCUT2D eigenvalue weighted by molar-refractivity contribution is 6.05. The molecule has 1 aromatic heterocycles. The molecule has 1 amide bonds. The smallest absolute Gasteiger partial charge is 0.257 e. The van der Waals surface area contributed by atoms with Gasteiger partial charge in [0.1, 0.15) is 0 Å². The molecule has 5 nitrogen and oxygen atoms in total. The summed E-state index contributed by atoms with van der Waals surface area (Å²) in [5.74, 6) is -0.138. The molecule has 0 spiro atoms. The molecule has 3 rings (SSSR count). The van der Waals surface area contributed by atoms with E-state index in [1.165, 1.54) is 0 Å². The van der Waals surface area contributed by atoms with Gasteiger partial charge in [0.15, 0.2) is 0 Å². The number of morpholine rings is 1. The first kappa shape index (κ1) is 15.5. The zero-order valence-corrected chi connectivity index (χ0v) is 13.5. The van der Waals surface area contributed by atoms with Crippen molar-refractivity contribution in [2.75, 3.05) is 36.5 Å². The zero-order chi connectivity index (χ0) is 16.2. The van der Waals surface area contributed by atoms with E-state index >= 15 is 0 Å². The molecule has 5 heteroatoms. The molecule has 1 aromatic carbocycles. The van der Waals surface area contributed by atoms with Crippen LogP contribution >= 0.6 is 0 Å². The van der Waals surface area contributed by atoms with Crippen LogP contribution < -0.4 is 10.2 Å². The Morgan fingerprint density at radius 2 is 2.00 bits per heavy atom. The van der Waals surface area contributed by atoms with Gasteiger partial charge in [0.25, 0.3) is 5.91 Å². The van der Waals surface area contributed by atoms with Crippen molar-refractivity contribution in [3.8, 4) is 0 Å². The topological polar surface area (TPSA) is 54.5 Å². The van der Waals surface area contributed by atoms with Gasteiger partial charge in [-0.3, -0.25) is 9.78 Å². The maximum atomic E-state index is 12.5. The van der Waals surface area contributed by atoms with E-state index < -0.39 is 0 Å². The molecule has 1 aliphatic rings. The normalized spacial score (nSPS) is 14.6. The molecule has 0 saturated carbocycles. The Hall–Kier alpha value is -2.40. The second kappa shape index (κ2) is 6.79. The van der Waals surface area contributed by atoms with Gasteiger partial charge in [0, 0.05) is 25.0 Å². The summed E-state index contributed by atoms with van der Waals surface area (Å²) in [7, 11) is 0. The summed E-state index contributed by atoms with van der Waals surface area (Å²) in [6.07, 6.45) is 3.39. The summed E-state index contributed by atoms with van der Waals surface area (Å²) in [6, 6.07) is 7.78. The van der Waals surface area contributed by atoms with E-state index in [4.69, 9.17) is 4.74 Å². The monoisotopic (exact) mass is 311 g/mol. The zero-order valence-electron chi connectivity index (χ0n) is 13.5. The number of amides is 1. The van der Waals surface area contributed by atoms with Gasteiger partial charge in [-0.2, -0.15) is 0 Å². The average Bonchev–Trinajstić information content (AvgIpc) is 2.60. The fourth-order valence-corrected chi connectivity index (χ4v) is 2.63. The summed E-state index contributed by atoms with van der Waals surface area (Å²) < 4.78 is 5.36. The number of aromatic nitrogens is 1. The first-order valence-corrected chi connectivity index (χ1v) is 7.80. The predicted octanol–water partition coefficient (Wildman–Crippen LogP) is 2.79. The third-order valence-electron chi connectivity index (χ3n) is 4.22. The lowest BCUT2D eigenvalue weighted by molar-refractivity contribution is 0.102. The van der Waals surface area contributed by atoms with Crippen molar-refractivity contribution in [1.82, 2.24) is 4.98 Å². The van der Waals surface area contributed by atoms with Gasteiger partial charge in [-0.05, 0) is 37.1 Å². The largest absolute Gasteiger partial charge is 0.378 e. The molecule has 0 unspecified atom stereocenters. The number of aryl methyl sites for hydroxylation is 1. The lowest BCUT2D eigenvalue weighted by Crippen LogP contribution is -2.36. The standard InChI is InChI=1S/C18H21N3O2/c1-13-4-3-5-17(14(13)2)20-18(22)15-10-16(12-19-11-15)21-6-8-23-9-7-21/h3-5,10-12H,6-9H2,1-2H3,(H,20,22). The number of hydrogen-bond acceptors (Lipinski definition) is 4. The van der Waals surface area contributed by atoms with E-state index in [2.05, 4.69) is 15.2 Å². The molecule has 23 heavy (non-hydrogen) atoms. The van der Waals surface area contributed by atoms with Crippen molar-refractivity contribution in [3.05, 3.63) is 53.3 Å². The van der Waals surface area contributed by atoms with Gasteiger partial charge >= 0.3 is 0 Å². The number of carbonyl (C=O) groups excluding carboxylic acids is 1. The van der Waals surface area contributed by atoms with Crippen molar-refractivity contribution in [3.63, 3.8) is 0 Å². The number of hydrogen-bond donors (Lipinski definition) is 1. The number of anilines is 2. The Kier molecular flexibility index (Phi) is 4.57. The third-order valence-corrected chi connectivity index (χ3v) is 4.22. The van der Waals surface area contributed by atoms with Crippen molar-refractivity contribution in [2.24, 2.45) is 0 Å². The van der Waals surface area contributed by atoms with Crippen LogP contribution in [0.1, 0.15) is 21.5 Å². The molecule has 2 aromatic rings. The summed E-state index contributed by atoms with van der Waals surface area (Å²) in [4.78, 5) is 18.9. The fourth-order valence-electron chi connectivity index (χ4n) is 2.63. The quantitative estimate of drug-likeness (QED) is 0.947. The first-order chi connectivity index (χ1) is 11.1. The second-order valence-electron chi connectivity index (χ2n) is 5.73. The molecular formula is C18H21N3O2. The Morgan fingerprint density at radius 1 is 1.22 bits per heavy atom. The van der Waals surface area contributed by atoms with Gasteiger partial charge in [-0.1, -0.05) is 12.1 Å². The maximum Gasteiger partial charge on any atom is 0.257 e. The summed E-state index contributed by atoms with van der Waals surface area (Å²) in [5, 5.41) is 2.98. The SMILES string of the molecule is Cc1cccc(NC(=O)c2cncc(N3CCOCC3)c2)c1C. The summed E-state index contributed by atoms with van der Waals surface area (Å²) in [5.41, 5.74) is 4.60. The number of nitrogens with one attached hydrogen (secondary N) is 1. The number of pyridine rings is 1. The molecule has 0 atom stereocenters. The van der Waals surface area contributed by atoms with E-state index in [1.807, 2.05) is 38.1 Å². The van der Waals surface area contributed by atoms with Crippen LogP contribution in [0.4, 0.5) is 11.4 Å². The summed E-state index contributed by atoms with van der Waals surface area (Å²) in [6.45, 7) is 7.10. The molecule has 0 bridgehead atoms. The molecule has 120 valence electrons. The van der Waals surface area contributed by atoms with Crippen molar-refractivity contribution in [2.45, 2.75) is 13.8 Å². The Bertz CT molecular complexity index is 709. The molecule has 0 aliphatic carbocycles. The lowest BCUT2D eigenvalue weighted by atomic mass is 10.1. The second-order valence-corrected chi connectivity index (χ2v) is 5.73. The van der Waals surface area contributed by atoms with E-state index in [1.54, 1.807) is 12.4 Å². The minimum atomic E-state index is -0.138. The Labute approximate surface area is 136 Å². The van der Waals surface area contributed by atoms with Crippen molar-refractivity contribution in [1.29, 1.82) is 0 Å². The highest BCUT2D eigenvalue weighted by Gasteiger charge is 2.14. The maximum absolute atomic E-state index is 12.5. The number of nitrogens with zero attached hydrogens (tertiary/aromatic N) is 2. The van der Waals surface area contributed by atoms with Gasteiger partial charge in [-0.25, -0.2) is 0 Å². The van der Waals surface area contributed by atoms with Crippen LogP contribution in [0.2, 0.25) is 0 Å². The van der Waals surface area contributed by atoms with E-state index in [9.17, 15) is 4.79 Å². The number of rotatable bonds is 3. The fraction of sp³-hybridized carbons (Fsp3) is 0.333. The Balaban J connectivity index is 1.78. The van der Waals surface area contributed by atoms with Gasteiger partial charge in [0.2, 0.25) is 0 Å². The minimum absolute atomic E-state index is 0.138. The van der Waals surface area contributed by atoms with Crippen molar-refractivity contribution < 1.29 is 9.53 Å². The van der Waals surface area contributed by atoms with Crippen LogP contribution in [0.5, 0.6) is 0 Å². The van der Waals surface area contributed by atoms with Crippen molar-refractivity contribution >= 4 is 17.3 Å². The number of carbonyl (C=O) groups is 1. The average molecular weight is 311 g/mol. The molecule has 1 N–H and O–H groups in total. The minimum Gasteiger partial charge on any atom is -0.378 e. The Morgan fingerprint density at radius 3 is 2.78 bits per heavy atom. The number of benzene rings is 1. The van der Waals surface area contributed by atoms with Gasteiger partial charge < -0.3 is 15.0 Å².